The molecule has 0 radical (unpaired) electrons. The molecular formula is C15H18F2N2O4. The van der Waals surface area contributed by atoms with Crippen LogP contribution in [0, 0.1) is 17.6 Å². The number of hydrogen-bond donors (Lipinski definition) is 2. The number of hydrogen-bond acceptors (Lipinski definition) is 4. The number of carbonyl (C=O) groups excluding carboxylic acids is 3. The summed E-state index contributed by atoms with van der Waals surface area (Å²) in [6.07, 6.45) is -0.125. The van der Waals surface area contributed by atoms with E-state index in [0.717, 1.165) is 12.1 Å². The maximum Gasteiger partial charge on any atom is 0.306 e. The molecule has 3 N–H and O–H groups in total. The van der Waals surface area contributed by atoms with E-state index in [1.165, 1.54) is 6.92 Å². The summed E-state index contributed by atoms with van der Waals surface area (Å²) in [5.74, 6) is -5.09. The highest BCUT2D eigenvalue weighted by atomic mass is 19.2. The average molecular weight is 328 g/mol. The van der Waals surface area contributed by atoms with Crippen molar-refractivity contribution in [3.05, 3.63) is 35.4 Å². The van der Waals surface area contributed by atoms with Crippen LogP contribution in [0.25, 0.3) is 0 Å². The molecule has 0 bridgehead atoms. The lowest BCUT2D eigenvalue weighted by atomic mass is 9.97. The zero-order valence-corrected chi connectivity index (χ0v) is 12.8. The number of ether oxygens (including phenoxy) is 1. The molecule has 1 aromatic carbocycles. The smallest absolute Gasteiger partial charge is 0.306 e. The normalized spacial score (nSPS) is 13.0. The number of benzene rings is 1. The molecule has 0 aliphatic heterocycles. The van der Waals surface area contributed by atoms with E-state index in [1.807, 2.05) is 0 Å². The predicted molar refractivity (Wildman–Crippen MR) is 77.2 cm³/mol. The third-order valence-electron chi connectivity index (χ3n) is 3.14. The Morgan fingerprint density at radius 3 is 2.43 bits per heavy atom. The largest absolute Gasteiger partial charge is 0.466 e. The molecule has 0 saturated carbocycles. The molecule has 8 heteroatoms. The second kappa shape index (κ2) is 8.21. The Balaban J connectivity index is 2.82. The van der Waals surface area contributed by atoms with Crippen LogP contribution in [0.2, 0.25) is 0 Å². The summed E-state index contributed by atoms with van der Waals surface area (Å²) in [5.41, 5.74) is 5.06. The monoisotopic (exact) mass is 328 g/mol. The quantitative estimate of drug-likeness (QED) is 0.733. The summed E-state index contributed by atoms with van der Waals surface area (Å²) in [6.45, 7) is 3.37. The highest BCUT2D eigenvalue weighted by Gasteiger charge is 2.27. The Labute approximate surface area is 132 Å². The second-order valence-electron chi connectivity index (χ2n) is 4.97. The minimum atomic E-state index is -1.19. The summed E-state index contributed by atoms with van der Waals surface area (Å²) in [6, 6.07) is 1.42. The van der Waals surface area contributed by atoms with Gasteiger partial charge >= 0.3 is 5.97 Å². The first kappa shape index (κ1) is 18.5. The first-order valence-corrected chi connectivity index (χ1v) is 6.97. The van der Waals surface area contributed by atoms with E-state index in [2.05, 4.69) is 5.32 Å². The second-order valence-corrected chi connectivity index (χ2v) is 4.97. The molecule has 2 atom stereocenters. The fourth-order valence-corrected chi connectivity index (χ4v) is 1.96. The van der Waals surface area contributed by atoms with Crippen LogP contribution in [0.1, 0.15) is 30.6 Å². The highest BCUT2D eigenvalue weighted by Crippen LogP contribution is 2.12. The molecule has 2 amide bonds. The lowest BCUT2D eigenvalue weighted by Gasteiger charge is -2.21. The van der Waals surface area contributed by atoms with Crippen LogP contribution in [0.15, 0.2) is 18.2 Å². The van der Waals surface area contributed by atoms with Gasteiger partial charge < -0.3 is 15.8 Å². The summed E-state index contributed by atoms with van der Waals surface area (Å²) in [7, 11) is 0. The van der Waals surface area contributed by atoms with Gasteiger partial charge in [0.25, 0.3) is 5.91 Å². The summed E-state index contributed by atoms with van der Waals surface area (Å²) in [5, 5.41) is 2.32. The van der Waals surface area contributed by atoms with Gasteiger partial charge in [-0.1, -0.05) is 6.92 Å². The molecule has 126 valence electrons. The number of carbonyl (C=O) groups is 3. The van der Waals surface area contributed by atoms with Gasteiger partial charge in [-0.3, -0.25) is 14.4 Å². The van der Waals surface area contributed by atoms with Crippen molar-refractivity contribution < 1.29 is 27.9 Å². The Bertz CT molecular complexity index is 607. The number of nitrogens with two attached hydrogens (primary N) is 1. The average Bonchev–Trinajstić information content (AvgIpc) is 2.46. The van der Waals surface area contributed by atoms with Crippen LogP contribution in [0.5, 0.6) is 0 Å². The molecule has 0 unspecified atom stereocenters. The van der Waals surface area contributed by atoms with E-state index in [0.29, 0.717) is 6.07 Å². The van der Waals surface area contributed by atoms with Crippen molar-refractivity contribution in [2.24, 2.45) is 11.7 Å². The molecule has 0 aliphatic carbocycles. The molecule has 0 aliphatic rings. The van der Waals surface area contributed by atoms with Crippen molar-refractivity contribution in [1.82, 2.24) is 5.32 Å². The van der Waals surface area contributed by atoms with Gasteiger partial charge in [-0.25, -0.2) is 8.78 Å². The molecule has 1 rings (SSSR count). The van der Waals surface area contributed by atoms with Crippen molar-refractivity contribution in [2.75, 3.05) is 6.61 Å². The van der Waals surface area contributed by atoms with Gasteiger partial charge in [0.2, 0.25) is 5.91 Å². The lowest BCUT2D eigenvalue weighted by Crippen LogP contribution is -2.49. The van der Waals surface area contributed by atoms with Crippen molar-refractivity contribution >= 4 is 17.8 Å². The van der Waals surface area contributed by atoms with Crippen molar-refractivity contribution in [3.63, 3.8) is 0 Å². The zero-order valence-electron chi connectivity index (χ0n) is 12.8. The van der Waals surface area contributed by atoms with E-state index in [-0.39, 0.29) is 18.6 Å². The molecular weight excluding hydrogens is 310 g/mol. The van der Waals surface area contributed by atoms with Gasteiger partial charge in [-0.15, -0.1) is 0 Å². The molecule has 0 aromatic heterocycles. The SMILES string of the molecule is CCOC(=O)C[C@@H](C)[C@@H](NC(=O)c1ccc(F)c(F)c1)C(N)=O. The van der Waals surface area contributed by atoms with Gasteiger partial charge in [0.05, 0.1) is 13.0 Å². The number of esters is 1. The molecule has 0 saturated heterocycles. The number of halogens is 2. The first-order chi connectivity index (χ1) is 10.8. The summed E-state index contributed by atoms with van der Waals surface area (Å²) in [4.78, 5) is 34.9. The fourth-order valence-electron chi connectivity index (χ4n) is 1.96. The number of amides is 2. The minimum Gasteiger partial charge on any atom is -0.466 e. The van der Waals surface area contributed by atoms with E-state index in [1.54, 1.807) is 6.92 Å². The van der Waals surface area contributed by atoms with Crippen LogP contribution in [-0.2, 0) is 14.3 Å². The third-order valence-corrected chi connectivity index (χ3v) is 3.14. The van der Waals surface area contributed by atoms with Crippen molar-refractivity contribution in [2.45, 2.75) is 26.3 Å². The fraction of sp³-hybridized carbons (Fsp3) is 0.400. The molecule has 0 heterocycles. The standard InChI is InChI=1S/C15H18F2N2O4/c1-3-23-12(20)6-8(2)13(14(18)21)19-15(22)9-4-5-10(16)11(17)7-9/h4-5,7-8,13H,3,6H2,1-2H3,(H2,18,21)(H,19,22)/t8-,13-/m1/s1. The van der Waals surface area contributed by atoms with E-state index >= 15 is 0 Å². The maximum absolute atomic E-state index is 13.1. The molecule has 0 spiro atoms. The van der Waals surface area contributed by atoms with Crippen LogP contribution in [-0.4, -0.2) is 30.4 Å². The Hall–Kier alpha value is -2.51. The predicted octanol–water partition coefficient (Wildman–Crippen LogP) is 1.14. The van der Waals surface area contributed by atoms with Gasteiger partial charge in [0.1, 0.15) is 6.04 Å². The number of rotatable bonds is 7. The van der Waals surface area contributed by atoms with Crippen molar-refractivity contribution in [3.8, 4) is 0 Å². The van der Waals surface area contributed by atoms with Gasteiger partial charge in [0, 0.05) is 5.56 Å². The van der Waals surface area contributed by atoms with Gasteiger partial charge in [0.15, 0.2) is 11.6 Å². The Morgan fingerprint density at radius 1 is 1.26 bits per heavy atom. The van der Waals surface area contributed by atoms with Crippen LogP contribution < -0.4 is 11.1 Å². The van der Waals surface area contributed by atoms with Gasteiger partial charge in [-0.05, 0) is 31.0 Å². The van der Waals surface area contributed by atoms with Crippen LogP contribution in [0.4, 0.5) is 8.78 Å². The Morgan fingerprint density at radius 2 is 1.91 bits per heavy atom. The molecule has 0 fully saturated rings. The zero-order chi connectivity index (χ0) is 17.6. The third kappa shape index (κ3) is 5.32. The molecule has 1 aromatic rings. The number of nitrogens with one attached hydrogen (secondary N) is 1. The summed E-state index contributed by atoms with van der Waals surface area (Å²) < 4.78 is 30.8. The maximum atomic E-state index is 13.1. The highest BCUT2D eigenvalue weighted by molar-refractivity contribution is 5.97. The first-order valence-electron chi connectivity index (χ1n) is 6.97. The van der Waals surface area contributed by atoms with Crippen molar-refractivity contribution in [1.29, 1.82) is 0 Å². The van der Waals surface area contributed by atoms with Gasteiger partial charge in [-0.2, -0.15) is 0 Å². The van der Waals surface area contributed by atoms with Crippen LogP contribution in [0.3, 0.4) is 0 Å². The minimum absolute atomic E-state index is 0.125. The lowest BCUT2D eigenvalue weighted by molar-refractivity contribution is -0.144. The number of primary amides is 1. The molecule has 6 nitrogen and oxygen atoms in total. The van der Waals surface area contributed by atoms with E-state index < -0.39 is 41.4 Å². The van der Waals surface area contributed by atoms with Crippen LogP contribution >= 0.6 is 0 Å². The van der Waals surface area contributed by atoms with E-state index in [9.17, 15) is 23.2 Å². The Kier molecular flexibility index (Phi) is 6.62. The van der Waals surface area contributed by atoms with E-state index in [4.69, 9.17) is 10.5 Å². The topological polar surface area (TPSA) is 98.5 Å². The summed E-state index contributed by atoms with van der Waals surface area (Å²) >= 11 is 0. The molecule has 23 heavy (non-hydrogen) atoms.